The second-order valence-corrected chi connectivity index (χ2v) is 6.26. The molecule has 6 nitrogen and oxygen atoms in total. The fourth-order valence-electron chi connectivity index (χ4n) is 2.77. The third-order valence-corrected chi connectivity index (χ3v) is 4.33. The van der Waals surface area contributed by atoms with Crippen LogP contribution in [0.3, 0.4) is 0 Å². The average Bonchev–Trinajstić information content (AvgIpc) is 3.16. The Morgan fingerprint density at radius 1 is 1.07 bits per heavy atom. The molecule has 0 aliphatic rings. The maximum absolute atomic E-state index is 9.17. The van der Waals surface area contributed by atoms with E-state index in [9.17, 15) is 0 Å². The van der Waals surface area contributed by atoms with Gasteiger partial charge in [-0.1, -0.05) is 41.9 Å². The molecule has 3 aromatic carbocycles. The van der Waals surface area contributed by atoms with Crippen molar-refractivity contribution in [1.82, 2.24) is 20.2 Å². The van der Waals surface area contributed by atoms with E-state index in [1.165, 1.54) is 0 Å². The molecule has 0 unspecified atom stereocenters. The molecule has 0 aliphatic heterocycles. The SMILES string of the molecule is N#Cc1ccc(Cl)cc1N=CCc1nnnn1-c1ccc2ccccc2c1. The van der Waals surface area contributed by atoms with Gasteiger partial charge in [-0.15, -0.1) is 5.10 Å². The van der Waals surface area contributed by atoms with Crippen LogP contribution >= 0.6 is 11.6 Å². The summed E-state index contributed by atoms with van der Waals surface area (Å²) in [5.74, 6) is 0.648. The van der Waals surface area contributed by atoms with Crippen molar-refractivity contribution < 1.29 is 0 Å². The van der Waals surface area contributed by atoms with Crippen molar-refractivity contribution in [2.24, 2.45) is 4.99 Å². The van der Waals surface area contributed by atoms with Crippen molar-refractivity contribution in [3.05, 3.63) is 77.1 Å². The van der Waals surface area contributed by atoms with E-state index in [4.69, 9.17) is 16.9 Å². The summed E-state index contributed by atoms with van der Waals surface area (Å²) in [6.07, 6.45) is 2.09. The Bertz CT molecular complexity index is 1190. The summed E-state index contributed by atoms with van der Waals surface area (Å²) in [6.45, 7) is 0. The number of halogens is 1. The van der Waals surface area contributed by atoms with Crippen LogP contribution in [-0.4, -0.2) is 26.4 Å². The van der Waals surface area contributed by atoms with Gasteiger partial charge in [-0.2, -0.15) is 9.94 Å². The van der Waals surface area contributed by atoms with Crippen LogP contribution < -0.4 is 0 Å². The predicted octanol–water partition coefficient (Wildman–Crippen LogP) is 4.29. The van der Waals surface area contributed by atoms with Crippen molar-refractivity contribution in [3.63, 3.8) is 0 Å². The lowest BCUT2D eigenvalue weighted by Crippen LogP contribution is -2.04. The monoisotopic (exact) mass is 372 g/mol. The van der Waals surface area contributed by atoms with Crippen LogP contribution in [0.4, 0.5) is 5.69 Å². The molecule has 0 saturated carbocycles. The zero-order chi connectivity index (χ0) is 18.6. The Labute approximate surface area is 160 Å². The van der Waals surface area contributed by atoms with Gasteiger partial charge in [0.15, 0.2) is 5.82 Å². The number of hydrogen-bond donors (Lipinski definition) is 0. The van der Waals surface area contributed by atoms with Crippen molar-refractivity contribution in [2.45, 2.75) is 6.42 Å². The molecule has 0 aliphatic carbocycles. The van der Waals surface area contributed by atoms with Gasteiger partial charge in [0, 0.05) is 17.7 Å². The van der Waals surface area contributed by atoms with Gasteiger partial charge < -0.3 is 0 Å². The number of hydrogen-bond acceptors (Lipinski definition) is 5. The molecule has 0 amide bonds. The van der Waals surface area contributed by atoms with Gasteiger partial charge in [0.25, 0.3) is 0 Å². The lowest BCUT2D eigenvalue weighted by Gasteiger charge is -2.05. The van der Waals surface area contributed by atoms with Gasteiger partial charge in [0.2, 0.25) is 0 Å². The number of rotatable bonds is 4. The fraction of sp³-hybridized carbons (Fsp3) is 0.0500. The molecule has 27 heavy (non-hydrogen) atoms. The molecule has 0 saturated heterocycles. The highest BCUT2D eigenvalue weighted by Gasteiger charge is 2.08. The van der Waals surface area contributed by atoms with Gasteiger partial charge in [-0.05, 0) is 51.5 Å². The molecule has 0 fully saturated rings. The highest BCUT2D eigenvalue weighted by molar-refractivity contribution is 6.30. The molecule has 130 valence electrons. The predicted molar refractivity (Wildman–Crippen MR) is 105 cm³/mol. The number of tetrazole rings is 1. The molecule has 4 aromatic rings. The summed E-state index contributed by atoms with van der Waals surface area (Å²) < 4.78 is 1.68. The first-order chi connectivity index (χ1) is 13.2. The number of aliphatic imine (C=N–C) groups is 1. The molecule has 0 spiro atoms. The zero-order valence-electron chi connectivity index (χ0n) is 14.1. The molecule has 0 radical (unpaired) electrons. The number of benzene rings is 3. The summed E-state index contributed by atoms with van der Waals surface area (Å²) in [4.78, 5) is 4.36. The van der Waals surface area contributed by atoms with E-state index in [1.54, 1.807) is 29.1 Å². The van der Waals surface area contributed by atoms with Crippen LogP contribution in [0.2, 0.25) is 5.02 Å². The van der Waals surface area contributed by atoms with Crippen molar-refractivity contribution in [2.75, 3.05) is 0 Å². The van der Waals surface area contributed by atoms with E-state index >= 15 is 0 Å². The second-order valence-electron chi connectivity index (χ2n) is 5.83. The van der Waals surface area contributed by atoms with Crippen LogP contribution in [0, 0.1) is 11.3 Å². The normalized spacial score (nSPS) is 11.1. The molecule has 1 aromatic heterocycles. The molecular formula is C20H13ClN6. The van der Waals surface area contributed by atoms with E-state index in [0.717, 1.165) is 16.5 Å². The first-order valence-electron chi connectivity index (χ1n) is 8.23. The van der Waals surface area contributed by atoms with Gasteiger partial charge >= 0.3 is 0 Å². The fourth-order valence-corrected chi connectivity index (χ4v) is 2.94. The maximum Gasteiger partial charge on any atom is 0.162 e. The average molecular weight is 373 g/mol. The van der Waals surface area contributed by atoms with Gasteiger partial charge in [0.05, 0.1) is 16.9 Å². The summed E-state index contributed by atoms with van der Waals surface area (Å²) in [5, 5.41) is 23.9. The molecule has 1 heterocycles. The quantitative estimate of drug-likeness (QED) is 0.500. The lowest BCUT2D eigenvalue weighted by molar-refractivity contribution is 0.777. The van der Waals surface area contributed by atoms with Crippen molar-refractivity contribution >= 4 is 34.3 Å². The standard InChI is InChI=1S/C20H13ClN6/c21-17-7-5-16(13-22)19(12-17)23-10-9-20-24-25-26-27(20)18-8-6-14-3-1-2-4-15(14)11-18/h1-8,10-12H,9H2. The Morgan fingerprint density at radius 3 is 2.78 bits per heavy atom. The molecule has 0 atom stereocenters. The van der Waals surface area contributed by atoms with E-state index in [1.807, 2.05) is 36.4 Å². The minimum absolute atomic E-state index is 0.414. The molecule has 7 heteroatoms. The number of aromatic nitrogens is 4. The lowest BCUT2D eigenvalue weighted by atomic mass is 10.1. The third-order valence-electron chi connectivity index (χ3n) is 4.10. The van der Waals surface area contributed by atoms with E-state index in [0.29, 0.717) is 28.5 Å². The largest absolute Gasteiger partial charge is 0.259 e. The van der Waals surface area contributed by atoms with Crippen LogP contribution in [0.1, 0.15) is 11.4 Å². The molecule has 0 N–H and O–H groups in total. The van der Waals surface area contributed by atoms with E-state index in [-0.39, 0.29) is 0 Å². The van der Waals surface area contributed by atoms with Crippen LogP contribution in [0.25, 0.3) is 16.5 Å². The Hall–Kier alpha value is -3.56. The summed E-state index contributed by atoms with van der Waals surface area (Å²) in [5.41, 5.74) is 1.86. The minimum atomic E-state index is 0.414. The number of nitrogens with zero attached hydrogens (tertiary/aromatic N) is 6. The van der Waals surface area contributed by atoms with Crippen LogP contribution in [-0.2, 0) is 6.42 Å². The first-order valence-corrected chi connectivity index (χ1v) is 8.61. The van der Waals surface area contributed by atoms with Crippen LogP contribution in [0.5, 0.6) is 0 Å². The topological polar surface area (TPSA) is 79.8 Å². The maximum atomic E-state index is 9.17. The first kappa shape index (κ1) is 16.9. The van der Waals surface area contributed by atoms with E-state index < -0.39 is 0 Å². The summed E-state index contributed by atoms with van der Waals surface area (Å²) >= 11 is 5.99. The van der Waals surface area contributed by atoms with E-state index in [2.05, 4.69) is 32.7 Å². The van der Waals surface area contributed by atoms with Gasteiger partial charge in [-0.3, -0.25) is 4.99 Å². The van der Waals surface area contributed by atoms with Crippen LogP contribution in [0.15, 0.2) is 65.7 Å². The summed E-state index contributed by atoms with van der Waals surface area (Å²) in [6, 6.07) is 21.2. The van der Waals surface area contributed by atoms with Crippen molar-refractivity contribution in [3.8, 4) is 11.8 Å². The van der Waals surface area contributed by atoms with Gasteiger partial charge in [0.1, 0.15) is 6.07 Å². The van der Waals surface area contributed by atoms with Crippen molar-refractivity contribution in [1.29, 1.82) is 5.26 Å². The highest BCUT2D eigenvalue weighted by atomic mass is 35.5. The minimum Gasteiger partial charge on any atom is -0.259 e. The number of fused-ring (bicyclic) bond motifs is 1. The summed E-state index contributed by atoms with van der Waals surface area (Å²) in [7, 11) is 0. The van der Waals surface area contributed by atoms with Gasteiger partial charge in [-0.25, -0.2) is 0 Å². The Morgan fingerprint density at radius 2 is 1.93 bits per heavy atom. The Kier molecular flexibility index (Phi) is 4.60. The Balaban J connectivity index is 1.61. The molecule has 0 bridgehead atoms. The molecule has 4 rings (SSSR count). The third kappa shape index (κ3) is 3.54. The highest BCUT2D eigenvalue weighted by Crippen LogP contribution is 2.23. The smallest absolute Gasteiger partial charge is 0.162 e. The number of nitriles is 1. The molecular weight excluding hydrogens is 360 g/mol. The zero-order valence-corrected chi connectivity index (χ0v) is 14.9. The second kappa shape index (κ2) is 7.36.